The second-order valence-electron chi connectivity index (χ2n) is 5.87. The van der Waals surface area contributed by atoms with Crippen LogP contribution in [-0.2, 0) is 17.8 Å². The SMILES string of the molecule is O=C(Cc1c(F)cccc1Cl)NCc1ccc(N2CCCC2)nc1. The van der Waals surface area contributed by atoms with Gasteiger partial charge in [-0.15, -0.1) is 0 Å². The molecule has 0 bridgehead atoms. The number of amides is 1. The summed E-state index contributed by atoms with van der Waals surface area (Å²) in [5.41, 5.74) is 1.13. The van der Waals surface area contributed by atoms with E-state index in [4.69, 9.17) is 11.6 Å². The van der Waals surface area contributed by atoms with Crippen LogP contribution in [0.1, 0.15) is 24.0 Å². The summed E-state index contributed by atoms with van der Waals surface area (Å²) in [7, 11) is 0. The summed E-state index contributed by atoms with van der Waals surface area (Å²) in [6.07, 6.45) is 4.10. The van der Waals surface area contributed by atoms with E-state index in [0.29, 0.717) is 6.54 Å². The molecule has 126 valence electrons. The van der Waals surface area contributed by atoms with Crippen molar-refractivity contribution in [3.8, 4) is 0 Å². The van der Waals surface area contributed by atoms with E-state index in [1.807, 2.05) is 12.1 Å². The van der Waals surface area contributed by atoms with Crippen molar-refractivity contribution < 1.29 is 9.18 Å². The highest BCUT2D eigenvalue weighted by molar-refractivity contribution is 6.31. The molecule has 2 heterocycles. The second kappa shape index (κ2) is 7.62. The number of pyridine rings is 1. The minimum Gasteiger partial charge on any atom is -0.357 e. The Balaban J connectivity index is 1.54. The van der Waals surface area contributed by atoms with Crippen LogP contribution in [0.25, 0.3) is 0 Å². The fourth-order valence-corrected chi connectivity index (χ4v) is 3.01. The van der Waals surface area contributed by atoms with E-state index in [1.165, 1.54) is 25.0 Å². The van der Waals surface area contributed by atoms with Crippen molar-refractivity contribution in [2.75, 3.05) is 18.0 Å². The van der Waals surface area contributed by atoms with Gasteiger partial charge in [0.2, 0.25) is 5.91 Å². The van der Waals surface area contributed by atoms with Crippen LogP contribution in [0.2, 0.25) is 5.02 Å². The molecule has 6 heteroatoms. The Morgan fingerprint density at radius 3 is 2.71 bits per heavy atom. The van der Waals surface area contributed by atoms with E-state index in [1.54, 1.807) is 12.3 Å². The van der Waals surface area contributed by atoms with Crippen molar-refractivity contribution in [1.82, 2.24) is 10.3 Å². The predicted octanol–water partition coefficient (Wildman–Crippen LogP) is 3.33. The van der Waals surface area contributed by atoms with Crippen LogP contribution in [0.5, 0.6) is 0 Å². The molecule has 1 aliphatic heterocycles. The highest BCUT2D eigenvalue weighted by Crippen LogP contribution is 2.20. The number of hydrogen-bond acceptors (Lipinski definition) is 3. The molecule has 24 heavy (non-hydrogen) atoms. The minimum atomic E-state index is -0.464. The summed E-state index contributed by atoms with van der Waals surface area (Å²) >= 11 is 5.94. The van der Waals surface area contributed by atoms with Gasteiger partial charge in [0.15, 0.2) is 0 Å². The molecular weight excluding hydrogens is 329 g/mol. The summed E-state index contributed by atoms with van der Waals surface area (Å²) in [5, 5.41) is 3.04. The number of carbonyl (C=O) groups excluding carboxylic acids is 1. The zero-order valence-electron chi connectivity index (χ0n) is 13.3. The third-order valence-corrected chi connectivity index (χ3v) is 4.48. The Hall–Kier alpha value is -2.14. The summed E-state index contributed by atoms with van der Waals surface area (Å²) in [5.74, 6) is 0.237. The Kier molecular flexibility index (Phi) is 5.30. The predicted molar refractivity (Wildman–Crippen MR) is 92.6 cm³/mol. The van der Waals surface area contributed by atoms with Gasteiger partial charge in [-0.1, -0.05) is 23.7 Å². The van der Waals surface area contributed by atoms with Crippen LogP contribution < -0.4 is 10.2 Å². The number of nitrogens with one attached hydrogen (secondary N) is 1. The van der Waals surface area contributed by atoms with Gasteiger partial charge in [-0.3, -0.25) is 4.79 Å². The molecular formula is C18H19ClFN3O. The van der Waals surface area contributed by atoms with Crippen LogP contribution in [0.3, 0.4) is 0 Å². The molecule has 0 unspecified atom stereocenters. The third kappa shape index (κ3) is 4.03. The zero-order valence-corrected chi connectivity index (χ0v) is 14.0. The van der Waals surface area contributed by atoms with Crippen molar-refractivity contribution in [1.29, 1.82) is 0 Å². The fourth-order valence-electron chi connectivity index (χ4n) is 2.78. The lowest BCUT2D eigenvalue weighted by molar-refractivity contribution is -0.120. The maximum Gasteiger partial charge on any atom is 0.224 e. The summed E-state index contributed by atoms with van der Waals surface area (Å²) in [6, 6.07) is 8.33. The van der Waals surface area contributed by atoms with E-state index in [-0.39, 0.29) is 22.9 Å². The van der Waals surface area contributed by atoms with Crippen LogP contribution in [0.15, 0.2) is 36.5 Å². The van der Waals surface area contributed by atoms with Crippen molar-refractivity contribution in [2.24, 2.45) is 0 Å². The molecule has 1 aromatic carbocycles. The first-order valence-corrected chi connectivity index (χ1v) is 8.41. The molecule has 0 aliphatic carbocycles. The number of aromatic nitrogens is 1. The number of nitrogens with zero attached hydrogens (tertiary/aromatic N) is 2. The number of hydrogen-bond donors (Lipinski definition) is 1. The van der Waals surface area contributed by atoms with Gasteiger partial charge >= 0.3 is 0 Å². The lowest BCUT2D eigenvalue weighted by Crippen LogP contribution is -2.25. The van der Waals surface area contributed by atoms with E-state index < -0.39 is 5.82 Å². The van der Waals surface area contributed by atoms with Gasteiger partial charge in [-0.25, -0.2) is 9.37 Å². The van der Waals surface area contributed by atoms with Gasteiger partial charge in [0.1, 0.15) is 11.6 Å². The number of benzene rings is 1. The summed E-state index contributed by atoms with van der Waals surface area (Å²) in [4.78, 5) is 18.7. The molecule has 1 fully saturated rings. The average Bonchev–Trinajstić information content (AvgIpc) is 3.11. The minimum absolute atomic E-state index is 0.0786. The fraction of sp³-hybridized carbons (Fsp3) is 0.333. The molecule has 0 atom stereocenters. The largest absolute Gasteiger partial charge is 0.357 e. The van der Waals surface area contributed by atoms with Crippen LogP contribution in [0, 0.1) is 5.82 Å². The first-order valence-electron chi connectivity index (χ1n) is 8.03. The van der Waals surface area contributed by atoms with Crippen molar-refractivity contribution in [3.63, 3.8) is 0 Å². The van der Waals surface area contributed by atoms with Gasteiger partial charge in [-0.2, -0.15) is 0 Å². The topological polar surface area (TPSA) is 45.2 Å². The molecule has 1 aliphatic rings. The first-order chi connectivity index (χ1) is 11.6. The van der Waals surface area contributed by atoms with Crippen LogP contribution in [0.4, 0.5) is 10.2 Å². The molecule has 0 radical (unpaired) electrons. The zero-order chi connectivity index (χ0) is 16.9. The van der Waals surface area contributed by atoms with E-state index in [9.17, 15) is 9.18 Å². The van der Waals surface area contributed by atoms with E-state index in [0.717, 1.165) is 24.5 Å². The highest BCUT2D eigenvalue weighted by Gasteiger charge is 2.14. The van der Waals surface area contributed by atoms with E-state index in [2.05, 4.69) is 15.2 Å². The highest BCUT2D eigenvalue weighted by atomic mass is 35.5. The molecule has 1 saturated heterocycles. The second-order valence-corrected chi connectivity index (χ2v) is 6.28. The molecule has 2 aromatic rings. The molecule has 1 amide bonds. The molecule has 1 N–H and O–H groups in total. The number of anilines is 1. The third-order valence-electron chi connectivity index (χ3n) is 4.13. The Bertz CT molecular complexity index is 694. The van der Waals surface area contributed by atoms with Crippen molar-refractivity contribution in [2.45, 2.75) is 25.8 Å². The number of halogens is 2. The molecule has 3 rings (SSSR count). The lowest BCUT2D eigenvalue weighted by atomic mass is 10.1. The van der Waals surface area contributed by atoms with Crippen LogP contribution >= 0.6 is 11.6 Å². The van der Waals surface area contributed by atoms with Crippen molar-refractivity contribution >= 4 is 23.3 Å². The smallest absolute Gasteiger partial charge is 0.224 e. The molecule has 1 aromatic heterocycles. The molecule has 4 nitrogen and oxygen atoms in total. The van der Waals surface area contributed by atoms with Crippen molar-refractivity contribution in [3.05, 3.63) is 58.5 Å². The monoisotopic (exact) mass is 347 g/mol. The maximum atomic E-state index is 13.7. The van der Waals surface area contributed by atoms with Gasteiger partial charge < -0.3 is 10.2 Å². The maximum absolute atomic E-state index is 13.7. The molecule has 0 saturated carbocycles. The first kappa shape index (κ1) is 16.7. The normalized spacial score (nSPS) is 14.0. The Morgan fingerprint density at radius 1 is 1.25 bits per heavy atom. The number of rotatable bonds is 5. The summed E-state index contributed by atoms with van der Waals surface area (Å²) in [6.45, 7) is 2.46. The molecule has 0 spiro atoms. The number of carbonyl (C=O) groups is 1. The standard InChI is InChI=1S/C18H19ClFN3O/c19-15-4-3-5-16(20)14(15)10-18(24)22-12-13-6-7-17(21-11-13)23-8-1-2-9-23/h3-7,11H,1-2,8-10,12H2,(H,22,24). The Labute approximate surface area is 145 Å². The summed E-state index contributed by atoms with van der Waals surface area (Å²) < 4.78 is 13.7. The van der Waals surface area contributed by atoms with Gasteiger partial charge in [0.05, 0.1) is 6.42 Å². The van der Waals surface area contributed by atoms with Gasteiger partial charge in [0, 0.05) is 36.4 Å². The lowest BCUT2D eigenvalue weighted by Gasteiger charge is -2.16. The van der Waals surface area contributed by atoms with Gasteiger partial charge in [0.25, 0.3) is 0 Å². The van der Waals surface area contributed by atoms with Crippen LogP contribution in [-0.4, -0.2) is 24.0 Å². The van der Waals surface area contributed by atoms with Gasteiger partial charge in [-0.05, 0) is 36.6 Å². The quantitative estimate of drug-likeness (QED) is 0.902. The average molecular weight is 348 g/mol. The van der Waals surface area contributed by atoms with E-state index >= 15 is 0 Å². The Morgan fingerprint density at radius 2 is 2.04 bits per heavy atom.